The topological polar surface area (TPSA) is 116 Å². The number of hydrogen-bond donors (Lipinski definition) is 4. The molecule has 2 rings (SSSR count). The van der Waals surface area contributed by atoms with Gasteiger partial charge in [0.2, 0.25) is 11.8 Å². The van der Waals surface area contributed by atoms with Crippen LogP contribution < -0.4 is 10.6 Å². The van der Waals surface area contributed by atoms with Crippen LogP contribution in [0.2, 0.25) is 0 Å². The number of carbonyl (C=O) groups is 3. The van der Waals surface area contributed by atoms with E-state index in [-0.39, 0.29) is 22.9 Å². The number of aromatic carboxylic acids is 1. The molecule has 1 atom stereocenters. The van der Waals surface area contributed by atoms with E-state index in [1.165, 1.54) is 12.1 Å². The summed E-state index contributed by atoms with van der Waals surface area (Å²) >= 11 is 0. The number of rotatable bonds is 3. The van der Waals surface area contributed by atoms with Crippen LogP contribution in [0.15, 0.2) is 18.2 Å². The number of nitrogens with one attached hydrogen (secondary N) is 2. The molecule has 2 amide bonds. The minimum Gasteiger partial charge on any atom is -0.507 e. The van der Waals surface area contributed by atoms with Gasteiger partial charge in [0.25, 0.3) is 0 Å². The number of anilines is 1. The average molecular weight is 264 g/mol. The fraction of sp³-hybridized carbons (Fsp3) is 0.250. The van der Waals surface area contributed by atoms with Crippen LogP contribution in [0.25, 0.3) is 0 Å². The second-order valence-electron chi connectivity index (χ2n) is 4.19. The number of carboxylic acid groups (broad SMARTS) is 1. The molecule has 0 radical (unpaired) electrons. The first-order valence-corrected chi connectivity index (χ1v) is 5.64. The van der Waals surface area contributed by atoms with Gasteiger partial charge in [0.1, 0.15) is 17.4 Å². The second kappa shape index (κ2) is 4.97. The highest BCUT2D eigenvalue weighted by Gasteiger charge is 2.27. The van der Waals surface area contributed by atoms with E-state index in [0.717, 1.165) is 6.07 Å². The van der Waals surface area contributed by atoms with Crippen LogP contribution in [0.3, 0.4) is 0 Å². The molecule has 0 spiro atoms. The van der Waals surface area contributed by atoms with Gasteiger partial charge >= 0.3 is 5.97 Å². The Morgan fingerprint density at radius 2 is 2.11 bits per heavy atom. The molecule has 7 heteroatoms. The van der Waals surface area contributed by atoms with Gasteiger partial charge in [0.15, 0.2) is 0 Å². The van der Waals surface area contributed by atoms with Crippen molar-refractivity contribution in [2.24, 2.45) is 0 Å². The van der Waals surface area contributed by atoms with Gasteiger partial charge in [0.05, 0.1) is 0 Å². The SMILES string of the molecule is O=C1CCC(C(=O)Nc2ccc(O)c(C(=O)O)c2)N1. The van der Waals surface area contributed by atoms with Crippen LogP contribution in [0.5, 0.6) is 5.75 Å². The first kappa shape index (κ1) is 12.9. The van der Waals surface area contributed by atoms with Crippen LogP contribution in [0, 0.1) is 0 Å². The number of carboxylic acids is 1. The van der Waals surface area contributed by atoms with E-state index in [1.54, 1.807) is 0 Å². The maximum atomic E-state index is 11.8. The van der Waals surface area contributed by atoms with Crippen LogP contribution in [0.4, 0.5) is 5.69 Å². The smallest absolute Gasteiger partial charge is 0.339 e. The third-order valence-corrected chi connectivity index (χ3v) is 2.81. The molecule has 0 saturated carbocycles. The van der Waals surface area contributed by atoms with Crippen molar-refractivity contribution in [2.75, 3.05) is 5.32 Å². The van der Waals surface area contributed by atoms with E-state index in [2.05, 4.69) is 10.6 Å². The zero-order valence-corrected chi connectivity index (χ0v) is 9.84. The minimum atomic E-state index is -1.29. The zero-order chi connectivity index (χ0) is 14.0. The number of carbonyl (C=O) groups excluding carboxylic acids is 2. The predicted octanol–water partition coefficient (Wildman–Crippen LogP) is 0.308. The lowest BCUT2D eigenvalue weighted by Gasteiger charge is -2.11. The van der Waals surface area contributed by atoms with Gasteiger partial charge < -0.3 is 20.8 Å². The third kappa shape index (κ3) is 2.82. The molecule has 1 aliphatic rings. The summed E-state index contributed by atoms with van der Waals surface area (Å²) in [4.78, 5) is 33.6. The summed E-state index contributed by atoms with van der Waals surface area (Å²) in [6, 6.07) is 3.13. The third-order valence-electron chi connectivity index (χ3n) is 2.81. The molecule has 1 aromatic carbocycles. The average Bonchev–Trinajstić information content (AvgIpc) is 2.78. The van der Waals surface area contributed by atoms with Gasteiger partial charge in [-0.2, -0.15) is 0 Å². The summed E-state index contributed by atoms with van der Waals surface area (Å²) in [5.74, 6) is -2.26. The second-order valence-corrected chi connectivity index (χ2v) is 4.19. The Labute approximate surface area is 108 Å². The molecule has 7 nitrogen and oxygen atoms in total. The summed E-state index contributed by atoms with van der Waals surface area (Å²) in [6.45, 7) is 0. The van der Waals surface area contributed by atoms with E-state index in [4.69, 9.17) is 5.11 Å². The number of phenols is 1. The molecule has 1 unspecified atom stereocenters. The van der Waals surface area contributed by atoms with Gasteiger partial charge in [-0.05, 0) is 24.6 Å². The molecule has 0 aliphatic carbocycles. The van der Waals surface area contributed by atoms with E-state index in [9.17, 15) is 19.5 Å². The van der Waals surface area contributed by atoms with Crippen molar-refractivity contribution in [2.45, 2.75) is 18.9 Å². The fourth-order valence-corrected chi connectivity index (χ4v) is 1.83. The normalized spacial score (nSPS) is 17.9. The summed E-state index contributed by atoms with van der Waals surface area (Å²) in [6.07, 6.45) is 0.711. The van der Waals surface area contributed by atoms with E-state index < -0.39 is 17.9 Å². The Balaban J connectivity index is 2.11. The lowest BCUT2D eigenvalue weighted by atomic mass is 10.1. The van der Waals surface area contributed by atoms with E-state index in [0.29, 0.717) is 12.8 Å². The quantitative estimate of drug-likeness (QED) is 0.586. The molecule has 1 saturated heterocycles. The molecule has 1 aliphatic heterocycles. The summed E-state index contributed by atoms with van der Waals surface area (Å²) < 4.78 is 0. The maximum absolute atomic E-state index is 11.8. The van der Waals surface area contributed by atoms with Crippen LogP contribution in [-0.2, 0) is 9.59 Å². The zero-order valence-electron chi connectivity index (χ0n) is 9.84. The number of amides is 2. The lowest BCUT2D eigenvalue weighted by molar-refractivity contribution is -0.122. The van der Waals surface area contributed by atoms with E-state index in [1.807, 2.05) is 0 Å². The molecule has 0 bridgehead atoms. The summed E-state index contributed by atoms with van der Waals surface area (Å²) in [7, 11) is 0. The highest BCUT2D eigenvalue weighted by atomic mass is 16.4. The van der Waals surface area contributed by atoms with Crippen LogP contribution in [0.1, 0.15) is 23.2 Å². The molecule has 1 fully saturated rings. The van der Waals surface area contributed by atoms with Crippen LogP contribution >= 0.6 is 0 Å². The molecular weight excluding hydrogens is 252 g/mol. The Kier molecular flexibility index (Phi) is 3.37. The Hall–Kier alpha value is -2.57. The molecule has 19 heavy (non-hydrogen) atoms. The monoisotopic (exact) mass is 264 g/mol. The first-order chi connectivity index (χ1) is 8.97. The molecule has 4 N–H and O–H groups in total. The van der Waals surface area contributed by atoms with Gasteiger partial charge in [-0.15, -0.1) is 0 Å². The molecular formula is C12H12N2O5. The summed E-state index contributed by atoms with van der Waals surface area (Å²) in [5.41, 5.74) is -0.0467. The van der Waals surface area contributed by atoms with Crippen molar-refractivity contribution in [3.05, 3.63) is 23.8 Å². The molecule has 100 valence electrons. The number of aromatic hydroxyl groups is 1. The maximum Gasteiger partial charge on any atom is 0.339 e. The Morgan fingerprint density at radius 3 is 2.68 bits per heavy atom. The lowest BCUT2D eigenvalue weighted by Crippen LogP contribution is -2.37. The standard InChI is InChI=1S/C12H12N2O5/c15-9-3-1-6(5-7(9)12(18)19)13-11(17)8-2-4-10(16)14-8/h1,3,5,8,15H,2,4H2,(H,13,17)(H,14,16)(H,18,19). The van der Waals surface area contributed by atoms with Gasteiger partial charge in [-0.3, -0.25) is 9.59 Å². The van der Waals surface area contributed by atoms with Crippen molar-refractivity contribution in [1.29, 1.82) is 0 Å². The fourth-order valence-electron chi connectivity index (χ4n) is 1.83. The van der Waals surface area contributed by atoms with Crippen LogP contribution in [-0.4, -0.2) is 34.0 Å². The Morgan fingerprint density at radius 1 is 1.37 bits per heavy atom. The largest absolute Gasteiger partial charge is 0.507 e. The number of benzene rings is 1. The molecule has 1 aromatic rings. The highest BCUT2D eigenvalue weighted by molar-refractivity contribution is 6.00. The van der Waals surface area contributed by atoms with Crippen molar-refractivity contribution >= 4 is 23.5 Å². The molecule has 0 aromatic heterocycles. The van der Waals surface area contributed by atoms with Gasteiger partial charge in [-0.25, -0.2) is 4.79 Å². The van der Waals surface area contributed by atoms with Crippen molar-refractivity contribution in [3.8, 4) is 5.75 Å². The van der Waals surface area contributed by atoms with Crippen molar-refractivity contribution in [1.82, 2.24) is 5.32 Å². The van der Waals surface area contributed by atoms with Crippen molar-refractivity contribution < 1.29 is 24.6 Å². The van der Waals surface area contributed by atoms with Crippen molar-refractivity contribution in [3.63, 3.8) is 0 Å². The first-order valence-electron chi connectivity index (χ1n) is 5.64. The minimum absolute atomic E-state index is 0.183. The predicted molar refractivity (Wildman–Crippen MR) is 64.9 cm³/mol. The molecule has 1 heterocycles. The Bertz CT molecular complexity index is 555. The number of hydrogen-bond acceptors (Lipinski definition) is 4. The summed E-state index contributed by atoms with van der Waals surface area (Å²) in [5, 5.41) is 23.2. The van der Waals surface area contributed by atoms with E-state index >= 15 is 0 Å². The van der Waals surface area contributed by atoms with Gasteiger partial charge in [-0.1, -0.05) is 0 Å². The highest BCUT2D eigenvalue weighted by Crippen LogP contribution is 2.22. The van der Waals surface area contributed by atoms with Gasteiger partial charge in [0, 0.05) is 12.1 Å².